The van der Waals surface area contributed by atoms with Crippen LogP contribution < -0.4 is 0 Å². The third-order valence-corrected chi connectivity index (χ3v) is 5.32. The number of β-amino-alcohol motifs (C(OH)–C–C–N with tert-alkyl or cyclic N) is 1. The highest BCUT2D eigenvalue weighted by Gasteiger charge is 2.30. The Morgan fingerprint density at radius 1 is 1.17 bits per heavy atom. The van der Waals surface area contributed by atoms with E-state index in [2.05, 4.69) is 54.8 Å². The summed E-state index contributed by atoms with van der Waals surface area (Å²) in [6, 6.07) is 9.14. The number of likely N-dealkylation sites (tertiary alicyclic amines) is 1. The van der Waals surface area contributed by atoms with E-state index in [9.17, 15) is 5.11 Å². The normalized spacial score (nSPS) is 30.6. The minimum atomic E-state index is -0.299. The largest absolute Gasteiger partial charge is 0.390 e. The van der Waals surface area contributed by atoms with E-state index in [-0.39, 0.29) is 18.3 Å². The summed E-state index contributed by atoms with van der Waals surface area (Å²) in [5, 5.41) is 10.6. The van der Waals surface area contributed by atoms with E-state index >= 15 is 0 Å². The van der Waals surface area contributed by atoms with Crippen LogP contribution in [0.25, 0.3) is 0 Å². The van der Waals surface area contributed by atoms with Crippen molar-refractivity contribution in [2.24, 2.45) is 0 Å². The van der Waals surface area contributed by atoms with Gasteiger partial charge in [-0.05, 0) is 51.3 Å². The summed E-state index contributed by atoms with van der Waals surface area (Å²) < 4.78 is 5.79. The fourth-order valence-electron chi connectivity index (χ4n) is 4.42. The predicted molar refractivity (Wildman–Crippen MR) is 97.2 cm³/mol. The zero-order chi connectivity index (χ0) is 17.1. The minimum Gasteiger partial charge on any atom is -0.390 e. The second-order valence-electron chi connectivity index (χ2n) is 7.64. The lowest BCUT2D eigenvalue weighted by atomic mass is 9.99. The molecule has 2 aliphatic rings. The van der Waals surface area contributed by atoms with Crippen LogP contribution in [0, 0.1) is 6.92 Å². The number of ether oxygens (including phenoxy) is 1. The highest BCUT2D eigenvalue weighted by molar-refractivity contribution is 5.29. The summed E-state index contributed by atoms with van der Waals surface area (Å²) in [6.07, 6.45) is 2.63. The zero-order valence-corrected chi connectivity index (χ0v) is 15.3. The van der Waals surface area contributed by atoms with Crippen LogP contribution in [0.3, 0.4) is 0 Å². The van der Waals surface area contributed by atoms with Crippen molar-refractivity contribution < 1.29 is 9.84 Å². The number of aliphatic hydroxyl groups excluding tert-OH is 1. The molecule has 0 spiro atoms. The smallest absolute Gasteiger partial charge is 0.0794 e. The lowest BCUT2D eigenvalue weighted by molar-refractivity contribution is -0.0782. The lowest BCUT2D eigenvalue weighted by Gasteiger charge is -2.37. The highest BCUT2D eigenvalue weighted by atomic mass is 16.5. The van der Waals surface area contributed by atoms with Gasteiger partial charge in [0.1, 0.15) is 0 Å². The van der Waals surface area contributed by atoms with E-state index in [0.29, 0.717) is 6.04 Å². The fourth-order valence-corrected chi connectivity index (χ4v) is 4.42. The van der Waals surface area contributed by atoms with Gasteiger partial charge in [-0.2, -0.15) is 0 Å². The van der Waals surface area contributed by atoms with Crippen molar-refractivity contribution in [1.29, 1.82) is 0 Å². The molecule has 4 nitrogen and oxygen atoms in total. The number of hydrogen-bond donors (Lipinski definition) is 1. The number of nitrogens with zero attached hydrogens (tertiary/aromatic N) is 2. The van der Waals surface area contributed by atoms with Gasteiger partial charge in [0.2, 0.25) is 0 Å². The maximum Gasteiger partial charge on any atom is 0.0794 e. The molecule has 3 rings (SSSR count). The molecule has 2 aliphatic heterocycles. The second kappa shape index (κ2) is 7.96. The summed E-state index contributed by atoms with van der Waals surface area (Å²) in [5.41, 5.74) is 2.79. The topological polar surface area (TPSA) is 35.9 Å². The maximum absolute atomic E-state index is 10.6. The molecule has 0 aliphatic carbocycles. The molecule has 4 heteroatoms. The Labute approximate surface area is 146 Å². The quantitative estimate of drug-likeness (QED) is 0.899. The minimum absolute atomic E-state index is 0.257. The van der Waals surface area contributed by atoms with E-state index in [1.54, 1.807) is 0 Å². The Kier molecular flexibility index (Phi) is 5.93. The molecule has 1 N–H and O–H groups in total. The van der Waals surface area contributed by atoms with Crippen molar-refractivity contribution in [2.75, 3.05) is 32.7 Å². The van der Waals surface area contributed by atoms with Gasteiger partial charge in [-0.15, -0.1) is 0 Å². The Morgan fingerprint density at radius 3 is 2.58 bits per heavy atom. The molecule has 1 aromatic rings. The Morgan fingerprint density at radius 2 is 1.88 bits per heavy atom. The van der Waals surface area contributed by atoms with Gasteiger partial charge in [-0.1, -0.05) is 24.3 Å². The van der Waals surface area contributed by atoms with Crippen LogP contribution in [0.15, 0.2) is 24.3 Å². The monoisotopic (exact) mass is 332 g/mol. The van der Waals surface area contributed by atoms with Crippen LogP contribution in [-0.2, 0) is 4.74 Å². The molecule has 0 bridgehead atoms. The molecule has 0 amide bonds. The predicted octanol–water partition coefficient (Wildman–Crippen LogP) is 2.60. The van der Waals surface area contributed by atoms with E-state index in [4.69, 9.17) is 4.74 Å². The third-order valence-electron chi connectivity index (χ3n) is 5.32. The molecule has 4 atom stereocenters. The van der Waals surface area contributed by atoms with Crippen molar-refractivity contribution >= 4 is 0 Å². The molecular formula is C20H32N2O2. The lowest BCUT2D eigenvalue weighted by Crippen LogP contribution is -2.49. The van der Waals surface area contributed by atoms with Crippen LogP contribution in [-0.4, -0.2) is 65.9 Å². The SMILES string of the molecule is Cc1ccccc1C1CCCN1CC(O)CN1CC(C)OC(C)C1. The molecule has 1 aromatic carbocycles. The van der Waals surface area contributed by atoms with Crippen LogP contribution in [0.5, 0.6) is 0 Å². The molecule has 0 saturated carbocycles. The number of rotatable bonds is 5. The number of hydrogen-bond acceptors (Lipinski definition) is 4. The zero-order valence-electron chi connectivity index (χ0n) is 15.3. The van der Waals surface area contributed by atoms with Gasteiger partial charge < -0.3 is 9.84 Å². The van der Waals surface area contributed by atoms with Crippen LogP contribution in [0.4, 0.5) is 0 Å². The molecule has 2 heterocycles. The molecule has 0 radical (unpaired) electrons. The van der Waals surface area contributed by atoms with Gasteiger partial charge in [0, 0.05) is 32.2 Å². The number of morpholine rings is 1. The summed E-state index contributed by atoms with van der Waals surface area (Å²) in [7, 11) is 0. The Balaban J connectivity index is 1.57. The molecular weight excluding hydrogens is 300 g/mol. The number of benzene rings is 1. The molecule has 4 unspecified atom stereocenters. The second-order valence-corrected chi connectivity index (χ2v) is 7.64. The van der Waals surface area contributed by atoms with Gasteiger partial charge in [0.25, 0.3) is 0 Å². The molecule has 134 valence electrons. The van der Waals surface area contributed by atoms with Gasteiger partial charge in [-0.3, -0.25) is 9.80 Å². The Bertz CT molecular complexity index is 526. The van der Waals surface area contributed by atoms with Crippen LogP contribution in [0.2, 0.25) is 0 Å². The first-order chi connectivity index (χ1) is 11.5. The van der Waals surface area contributed by atoms with E-state index in [1.165, 1.54) is 24.0 Å². The van der Waals surface area contributed by atoms with Gasteiger partial charge in [-0.25, -0.2) is 0 Å². The van der Waals surface area contributed by atoms with Crippen molar-refractivity contribution in [3.05, 3.63) is 35.4 Å². The van der Waals surface area contributed by atoms with Gasteiger partial charge in [0.15, 0.2) is 0 Å². The van der Waals surface area contributed by atoms with Gasteiger partial charge in [0.05, 0.1) is 18.3 Å². The number of aryl methyl sites for hydroxylation is 1. The first-order valence-electron chi connectivity index (χ1n) is 9.38. The number of aliphatic hydroxyl groups is 1. The standard InChI is InChI=1S/C20H32N2O2/c1-15-7-4-5-8-19(15)20-9-6-10-22(20)14-18(23)13-21-11-16(2)24-17(3)12-21/h4-5,7-8,16-18,20,23H,6,9-14H2,1-3H3. The first kappa shape index (κ1) is 17.9. The van der Waals surface area contributed by atoms with E-state index in [0.717, 1.165) is 32.7 Å². The molecule has 0 aromatic heterocycles. The van der Waals surface area contributed by atoms with Crippen molar-refractivity contribution in [1.82, 2.24) is 9.80 Å². The average Bonchev–Trinajstić information content (AvgIpc) is 2.94. The summed E-state index contributed by atoms with van der Waals surface area (Å²) >= 11 is 0. The molecule has 24 heavy (non-hydrogen) atoms. The Hall–Kier alpha value is -0.940. The van der Waals surface area contributed by atoms with Gasteiger partial charge >= 0.3 is 0 Å². The summed E-state index contributed by atoms with van der Waals surface area (Å²) in [6.45, 7) is 10.9. The van der Waals surface area contributed by atoms with E-state index in [1.807, 2.05) is 0 Å². The summed E-state index contributed by atoms with van der Waals surface area (Å²) in [4.78, 5) is 4.82. The van der Waals surface area contributed by atoms with Crippen molar-refractivity contribution in [3.8, 4) is 0 Å². The molecule has 2 fully saturated rings. The molecule has 2 saturated heterocycles. The third kappa shape index (κ3) is 4.37. The average molecular weight is 332 g/mol. The van der Waals surface area contributed by atoms with Crippen molar-refractivity contribution in [2.45, 2.75) is 58.0 Å². The van der Waals surface area contributed by atoms with Crippen LogP contribution in [0.1, 0.15) is 43.9 Å². The first-order valence-corrected chi connectivity index (χ1v) is 9.38. The van der Waals surface area contributed by atoms with Crippen molar-refractivity contribution in [3.63, 3.8) is 0 Å². The summed E-state index contributed by atoms with van der Waals surface area (Å²) in [5.74, 6) is 0. The fraction of sp³-hybridized carbons (Fsp3) is 0.700. The highest BCUT2D eigenvalue weighted by Crippen LogP contribution is 2.33. The van der Waals surface area contributed by atoms with Crippen LogP contribution >= 0.6 is 0 Å². The maximum atomic E-state index is 10.6. The van der Waals surface area contributed by atoms with E-state index < -0.39 is 0 Å².